The number of hydrogen-bond acceptors (Lipinski definition) is 2. The van der Waals surface area contributed by atoms with Gasteiger partial charge >= 0.3 is 6.03 Å². The van der Waals surface area contributed by atoms with Crippen molar-refractivity contribution in [1.82, 2.24) is 15.2 Å². The van der Waals surface area contributed by atoms with Gasteiger partial charge in [0.25, 0.3) is 0 Å². The summed E-state index contributed by atoms with van der Waals surface area (Å²) in [7, 11) is 1.77. The zero-order valence-corrected chi connectivity index (χ0v) is 9.23. The number of urea groups is 1. The summed E-state index contributed by atoms with van der Waals surface area (Å²) in [5.74, 6) is 0. The van der Waals surface area contributed by atoms with E-state index in [-0.39, 0.29) is 6.03 Å². The Morgan fingerprint density at radius 2 is 2.33 bits per heavy atom. The number of nitrogens with one attached hydrogen (secondary N) is 1. The van der Waals surface area contributed by atoms with Crippen LogP contribution < -0.4 is 5.32 Å². The maximum atomic E-state index is 11.4. The Bertz CT molecular complexity index is 300. The molecule has 0 unspecified atom stereocenters. The van der Waals surface area contributed by atoms with Gasteiger partial charge in [0.2, 0.25) is 0 Å². The first-order valence-electron chi connectivity index (χ1n) is 5.13. The van der Waals surface area contributed by atoms with Crippen LogP contribution in [0.25, 0.3) is 0 Å². The highest BCUT2D eigenvalue weighted by Gasteiger charge is 2.04. The fraction of sp³-hybridized carbons (Fsp3) is 0.455. The molecule has 0 saturated heterocycles. The lowest BCUT2D eigenvalue weighted by Gasteiger charge is -2.15. The van der Waals surface area contributed by atoms with Crippen LogP contribution in [0.2, 0.25) is 0 Å². The van der Waals surface area contributed by atoms with Crippen molar-refractivity contribution in [3.63, 3.8) is 0 Å². The Morgan fingerprint density at radius 3 is 2.93 bits per heavy atom. The predicted molar refractivity (Wildman–Crippen MR) is 59.6 cm³/mol. The van der Waals surface area contributed by atoms with Crippen LogP contribution >= 0.6 is 0 Å². The molecule has 4 heteroatoms. The van der Waals surface area contributed by atoms with Crippen molar-refractivity contribution in [1.29, 1.82) is 0 Å². The fourth-order valence-electron chi connectivity index (χ4n) is 1.12. The maximum Gasteiger partial charge on any atom is 0.317 e. The van der Waals surface area contributed by atoms with Gasteiger partial charge in [0, 0.05) is 38.4 Å². The molecule has 4 nitrogen and oxygen atoms in total. The minimum absolute atomic E-state index is 0.0339. The van der Waals surface area contributed by atoms with Crippen molar-refractivity contribution in [3.8, 4) is 0 Å². The molecule has 0 aromatic carbocycles. The molecular formula is C11H17N3O. The summed E-state index contributed by atoms with van der Waals surface area (Å²) in [4.78, 5) is 17.2. The average Bonchev–Trinajstić information content (AvgIpc) is 2.29. The Morgan fingerprint density at radius 1 is 1.53 bits per heavy atom. The van der Waals surface area contributed by atoms with Gasteiger partial charge in [-0.2, -0.15) is 0 Å². The first-order valence-corrected chi connectivity index (χ1v) is 5.13. The third-order valence-electron chi connectivity index (χ3n) is 2.20. The lowest BCUT2D eigenvalue weighted by molar-refractivity contribution is 0.211. The van der Waals surface area contributed by atoms with E-state index in [9.17, 15) is 4.79 Å². The third-order valence-corrected chi connectivity index (χ3v) is 2.20. The molecule has 2 amide bonds. The summed E-state index contributed by atoms with van der Waals surface area (Å²) in [6.45, 7) is 3.29. The van der Waals surface area contributed by atoms with E-state index in [0.29, 0.717) is 6.54 Å². The van der Waals surface area contributed by atoms with Crippen LogP contribution in [-0.2, 0) is 6.42 Å². The first kappa shape index (κ1) is 11.5. The number of nitrogens with zero attached hydrogens (tertiary/aromatic N) is 2. The molecule has 0 bridgehead atoms. The molecule has 0 saturated carbocycles. The maximum absolute atomic E-state index is 11.4. The molecule has 0 aliphatic carbocycles. The van der Waals surface area contributed by atoms with Crippen molar-refractivity contribution in [3.05, 3.63) is 30.1 Å². The Balaban J connectivity index is 2.25. The van der Waals surface area contributed by atoms with Gasteiger partial charge in [0.15, 0.2) is 0 Å². The van der Waals surface area contributed by atoms with E-state index in [1.54, 1.807) is 18.1 Å². The van der Waals surface area contributed by atoms with Gasteiger partial charge in [-0.3, -0.25) is 4.98 Å². The largest absolute Gasteiger partial charge is 0.338 e. The number of pyridine rings is 1. The molecule has 82 valence electrons. The molecule has 0 aliphatic rings. The van der Waals surface area contributed by atoms with E-state index in [2.05, 4.69) is 10.3 Å². The number of carbonyl (C=O) groups excluding carboxylic acids is 1. The molecule has 0 aliphatic heterocycles. The number of carbonyl (C=O) groups is 1. The molecule has 1 rings (SSSR count). The summed E-state index contributed by atoms with van der Waals surface area (Å²) in [6.07, 6.45) is 2.53. The quantitative estimate of drug-likeness (QED) is 0.808. The van der Waals surface area contributed by atoms with Gasteiger partial charge in [-0.1, -0.05) is 6.07 Å². The van der Waals surface area contributed by atoms with Crippen molar-refractivity contribution >= 4 is 6.03 Å². The van der Waals surface area contributed by atoms with Gasteiger partial charge in [0.05, 0.1) is 0 Å². The molecule has 1 N–H and O–H groups in total. The standard InChI is InChI=1S/C11H17N3O/c1-3-14(2)11(15)13-9-7-10-6-4-5-8-12-10/h4-6,8H,3,7,9H2,1-2H3,(H,13,15). The molecule has 0 atom stereocenters. The summed E-state index contributed by atoms with van der Waals surface area (Å²) >= 11 is 0. The van der Waals surface area contributed by atoms with Gasteiger partial charge in [-0.05, 0) is 19.1 Å². The SMILES string of the molecule is CCN(C)C(=O)NCCc1ccccn1. The average molecular weight is 207 g/mol. The van der Waals surface area contributed by atoms with E-state index in [1.807, 2.05) is 25.1 Å². The van der Waals surface area contributed by atoms with Gasteiger partial charge < -0.3 is 10.2 Å². The van der Waals surface area contributed by atoms with E-state index < -0.39 is 0 Å². The topological polar surface area (TPSA) is 45.2 Å². The van der Waals surface area contributed by atoms with E-state index in [4.69, 9.17) is 0 Å². The molecule has 1 heterocycles. The van der Waals surface area contributed by atoms with Crippen molar-refractivity contribution in [2.24, 2.45) is 0 Å². The molecule has 1 aromatic rings. The third kappa shape index (κ3) is 3.97. The van der Waals surface area contributed by atoms with Gasteiger partial charge in [-0.25, -0.2) is 4.79 Å². The summed E-state index contributed by atoms with van der Waals surface area (Å²) in [5.41, 5.74) is 0.997. The molecule has 1 aromatic heterocycles. The van der Waals surface area contributed by atoms with Crippen LogP contribution in [0.15, 0.2) is 24.4 Å². The number of aromatic nitrogens is 1. The second-order valence-electron chi connectivity index (χ2n) is 3.32. The lowest BCUT2D eigenvalue weighted by Crippen LogP contribution is -2.38. The van der Waals surface area contributed by atoms with Crippen LogP contribution in [0, 0.1) is 0 Å². The van der Waals surface area contributed by atoms with Crippen LogP contribution in [0.5, 0.6) is 0 Å². The second kappa shape index (κ2) is 6.01. The lowest BCUT2D eigenvalue weighted by atomic mass is 10.3. The van der Waals surface area contributed by atoms with Crippen LogP contribution in [0.3, 0.4) is 0 Å². The summed E-state index contributed by atoms with van der Waals surface area (Å²) < 4.78 is 0. The Hall–Kier alpha value is -1.58. The first-order chi connectivity index (χ1) is 7.24. The van der Waals surface area contributed by atoms with Crippen molar-refractivity contribution in [2.75, 3.05) is 20.1 Å². The zero-order chi connectivity index (χ0) is 11.1. The molecule has 15 heavy (non-hydrogen) atoms. The summed E-state index contributed by atoms with van der Waals surface area (Å²) in [5, 5.41) is 2.83. The predicted octanol–water partition coefficient (Wildman–Crippen LogP) is 1.29. The van der Waals surface area contributed by atoms with E-state index >= 15 is 0 Å². The zero-order valence-electron chi connectivity index (χ0n) is 9.23. The fourth-order valence-corrected chi connectivity index (χ4v) is 1.12. The van der Waals surface area contributed by atoms with E-state index in [0.717, 1.165) is 18.7 Å². The van der Waals surface area contributed by atoms with Crippen molar-refractivity contribution < 1.29 is 4.79 Å². The van der Waals surface area contributed by atoms with Crippen LogP contribution in [-0.4, -0.2) is 36.1 Å². The van der Waals surface area contributed by atoms with E-state index in [1.165, 1.54) is 0 Å². The van der Waals surface area contributed by atoms with Gasteiger partial charge in [0.1, 0.15) is 0 Å². The van der Waals surface area contributed by atoms with Crippen LogP contribution in [0.1, 0.15) is 12.6 Å². The Kier molecular flexibility index (Phi) is 4.60. The number of hydrogen-bond donors (Lipinski definition) is 1. The van der Waals surface area contributed by atoms with Crippen LogP contribution in [0.4, 0.5) is 4.79 Å². The minimum Gasteiger partial charge on any atom is -0.338 e. The number of rotatable bonds is 4. The molecular weight excluding hydrogens is 190 g/mol. The number of amides is 2. The monoisotopic (exact) mass is 207 g/mol. The highest BCUT2D eigenvalue weighted by atomic mass is 16.2. The Labute approximate surface area is 90.3 Å². The normalized spacial score (nSPS) is 9.73. The minimum atomic E-state index is -0.0339. The second-order valence-corrected chi connectivity index (χ2v) is 3.32. The molecule has 0 fully saturated rings. The van der Waals surface area contributed by atoms with Gasteiger partial charge in [-0.15, -0.1) is 0 Å². The summed E-state index contributed by atoms with van der Waals surface area (Å²) in [6, 6.07) is 5.75. The molecule has 0 spiro atoms. The molecule has 0 radical (unpaired) electrons. The highest BCUT2D eigenvalue weighted by Crippen LogP contribution is 1.93. The van der Waals surface area contributed by atoms with Crippen molar-refractivity contribution in [2.45, 2.75) is 13.3 Å². The highest BCUT2D eigenvalue weighted by molar-refractivity contribution is 5.73. The smallest absolute Gasteiger partial charge is 0.317 e.